The fraction of sp³-hybridized carbons (Fsp3) is 0.273. The Kier molecular flexibility index (Phi) is 4.44. The maximum Gasteiger partial charge on any atom is 0.314 e. The van der Waals surface area contributed by atoms with Crippen molar-refractivity contribution in [3.05, 3.63) is 58.8 Å². The summed E-state index contributed by atoms with van der Waals surface area (Å²) >= 11 is 0. The number of ketones is 1. The lowest BCUT2D eigenvalue weighted by molar-refractivity contribution is -0.135. The number of allylic oxidation sites excluding steroid dienone is 1. The summed E-state index contributed by atoms with van der Waals surface area (Å²) in [6.45, 7) is 4.25. The molecule has 2 aromatic rings. The predicted molar refractivity (Wildman–Crippen MR) is 100 cm³/mol. The minimum Gasteiger partial charge on any atom is -0.493 e. The fourth-order valence-electron chi connectivity index (χ4n) is 3.08. The summed E-state index contributed by atoms with van der Waals surface area (Å²) in [5, 5.41) is 0. The molecule has 1 aliphatic carbocycles. The van der Waals surface area contributed by atoms with Gasteiger partial charge in [0.1, 0.15) is 17.2 Å². The number of fused-ring (bicyclic) bond motifs is 1. The third-order valence-electron chi connectivity index (χ3n) is 4.58. The smallest absolute Gasteiger partial charge is 0.314 e. The number of carbonyl (C=O) groups is 2. The Morgan fingerprint density at radius 2 is 2.04 bits per heavy atom. The molecule has 1 fully saturated rings. The van der Waals surface area contributed by atoms with E-state index >= 15 is 0 Å². The topological polar surface area (TPSA) is 61.8 Å². The fourth-order valence-corrected chi connectivity index (χ4v) is 3.08. The normalized spacial score (nSPS) is 16.8. The van der Waals surface area contributed by atoms with Crippen molar-refractivity contribution in [2.24, 2.45) is 5.92 Å². The summed E-state index contributed by atoms with van der Waals surface area (Å²) in [4.78, 5) is 24.7. The molecule has 0 saturated heterocycles. The lowest BCUT2D eigenvalue weighted by atomic mass is 10.0. The van der Waals surface area contributed by atoms with Crippen molar-refractivity contribution in [3.63, 3.8) is 0 Å². The molecular formula is C22H20O5. The van der Waals surface area contributed by atoms with Crippen LogP contribution in [0.4, 0.5) is 0 Å². The Morgan fingerprint density at radius 1 is 1.26 bits per heavy atom. The molecule has 0 bridgehead atoms. The molecule has 4 rings (SSSR count). The van der Waals surface area contributed by atoms with Crippen LogP contribution in [0.1, 0.15) is 41.3 Å². The summed E-state index contributed by atoms with van der Waals surface area (Å²) in [5.74, 6) is 1.34. The van der Waals surface area contributed by atoms with Crippen LogP contribution in [0.5, 0.6) is 17.2 Å². The Hall–Kier alpha value is -3.08. The molecular weight excluding hydrogens is 344 g/mol. The van der Waals surface area contributed by atoms with Gasteiger partial charge in [-0.15, -0.1) is 0 Å². The lowest BCUT2D eigenvalue weighted by Gasteiger charge is -2.07. The van der Waals surface area contributed by atoms with E-state index in [1.807, 2.05) is 38.1 Å². The van der Waals surface area contributed by atoms with Crippen LogP contribution in [-0.4, -0.2) is 18.4 Å². The summed E-state index contributed by atoms with van der Waals surface area (Å²) in [5.41, 5.74) is 1.99. The standard InChI is InChI=1S/C22H20O5/c1-3-25-17-7-5-4-6-15(17)11-19-21(23)20-13(2)10-16(12-18(20)27-19)26-22(24)14-8-9-14/h4-7,10-12,14H,3,8-9H2,1-2H3/b19-11-. The van der Waals surface area contributed by atoms with Crippen LogP contribution in [0.25, 0.3) is 6.08 Å². The van der Waals surface area contributed by atoms with Crippen LogP contribution in [0, 0.1) is 12.8 Å². The molecule has 2 aliphatic rings. The Bertz CT molecular complexity index is 953. The molecule has 2 aromatic carbocycles. The van der Waals surface area contributed by atoms with E-state index in [1.165, 1.54) is 0 Å². The van der Waals surface area contributed by atoms with E-state index in [9.17, 15) is 9.59 Å². The predicted octanol–water partition coefficient (Wildman–Crippen LogP) is 4.33. The highest BCUT2D eigenvalue weighted by atomic mass is 16.5. The van der Waals surface area contributed by atoms with Crippen LogP contribution >= 0.6 is 0 Å². The minimum absolute atomic E-state index is 0.00614. The second-order valence-electron chi connectivity index (χ2n) is 6.72. The van der Waals surface area contributed by atoms with Gasteiger partial charge in [-0.05, 0) is 50.5 Å². The van der Waals surface area contributed by atoms with Gasteiger partial charge in [0.05, 0.1) is 18.1 Å². The highest BCUT2D eigenvalue weighted by Crippen LogP contribution is 2.39. The van der Waals surface area contributed by atoms with Crippen molar-refractivity contribution in [2.45, 2.75) is 26.7 Å². The zero-order valence-corrected chi connectivity index (χ0v) is 15.3. The molecule has 27 heavy (non-hydrogen) atoms. The molecule has 1 aliphatic heterocycles. The van der Waals surface area contributed by atoms with E-state index in [0.717, 1.165) is 24.0 Å². The second-order valence-corrected chi connectivity index (χ2v) is 6.72. The van der Waals surface area contributed by atoms with Crippen molar-refractivity contribution in [3.8, 4) is 17.2 Å². The van der Waals surface area contributed by atoms with Crippen molar-refractivity contribution >= 4 is 17.8 Å². The Balaban J connectivity index is 1.63. The molecule has 5 heteroatoms. The van der Waals surface area contributed by atoms with E-state index in [4.69, 9.17) is 14.2 Å². The number of rotatable bonds is 5. The highest BCUT2D eigenvalue weighted by Gasteiger charge is 2.33. The Morgan fingerprint density at radius 3 is 2.78 bits per heavy atom. The first-order chi connectivity index (χ1) is 13.1. The first-order valence-corrected chi connectivity index (χ1v) is 9.09. The highest BCUT2D eigenvalue weighted by molar-refractivity contribution is 6.15. The van der Waals surface area contributed by atoms with Gasteiger partial charge >= 0.3 is 5.97 Å². The number of hydrogen-bond donors (Lipinski definition) is 0. The molecule has 1 saturated carbocycles. The van der Waals surface area contributed by atoms with Crippen molar-refractivity contribution < 1.29 is 23.8 Å². The third kappa shape index (κ3) is 3.45. The Labute approximate surface area is 157 Å². The van der Waals surface area contributed by atoms with Gasteiger partial charge in [0.15, 0.2) is 5.76 Å². The van der Waals surface area contributed by atoms with Gasteiger partial charge < -0.3 is 14.2 Å². The van der Waals surface area contributed by atoms with E-state index in [2.05, 4.69) is 0 Å². The maximum atomic E-state index is 12.8. The SMILES string of the molecule is CCOc1ccccc1/C=C1\Oc2cc(OC(=O)C3CC3)cc(C)c2C1=O. The molecule has 1 heterocycles. The monoisotopic (exact) mass is 364 g/mol. The van der Waals surface area contributed by atoms with Gasteiger partial charge in [-0.3, -0.25) is 9.59 Å². The number of benzene rings is 2. The zero-order chi connectivity index (χ0) is 19.0. The summed E-state index contributed by atoms with van der Waals surface area (Å²) < 4.78 is 16.8. The van der Waals surface area contributed by atoms with Gasteiger partial charge in [0.25, 0.3) is 0 Å². The average molecular weight is 364 g/mol. The molecule has 0 unspecified atom stereocenters. The number of ether oxygens (including phenoxy) is 3. The zero-order valence-electron chi connectivity index (χ0n) is 15.3. The van der Waals surface area contributed by atoms with Gasteiger partial charge in [-0.25, -0.2) is 0 Å². The van der Waals surface area contributed by atoms with Crippen molar-refractivity contribution in [1.29, 1.82) is 0 Å². The largest absolute Gasteiger partial charge is 0.493 e. The van der Waals surface area contributed by atoms with Crippen molar-refractivity contribution in [2.75, 3.05) is 6.61 Å². The van der Waals surface area contributed by atoms with Crippen molar-refractivity contribution in [1.82, 2.24) is 0 Å². The number of esters is 1. The summed E-state index contributed by atoms with van der Waals surface area (Å²) in [6, 6.07) is 10.8. The van der Waals surface area contributed by atoms with Gasteiger partial charge in [0, 0.05) is 11.6 Å². The number of Topliss-reactive ketones (excluding diaryl/α,β-unsaturated/α-hetero) is 1. The van der Waals surface area contributed by atoms with Crippen LogP contribution in [0.15, 0.2) is 42.2 Å². The van der Waals surface area contributed by atoms with Crippen LogP contribution in [0.2, 0.25) is 0 Å². The van der Waals surface area contributed by atoms with Crippen LogP contribution in [0.3, 0.4) is 0 Å². The number of aryl methyl sites for hydroxylation is 1. The number of hydrogen-bond acceptors (Lipinski definition) is 5. The van der Waals surface area contributed by atoms with Crippen LogP contribution in [-0.2, 0) is 4.79 Å². The van der Waals surface area contributed by atoms with E-state index in [0.29, 0.717) is 29.4 Å². The quantitative estimate of drug-likeness (QED) is 0.449. The molecule has 0 N–H and O–H groups in total. The van der Waals surface area contributed by atoms with Crippen LogP contribution < -0.4 is 14.2 Å². The third-order valence-corrected chi connectivity index (χ3v) is 4.58. The van der Waals surface area contributed by atoms with E-state index in [-0.39, 0.29) is 23.4 Å². The van der Waals surface area contributed by atoms with Gasteiger partial charge in [-0.2, -0.15) is 0 Å². The van der Waals surface area contributed by atoms with Gasteiger partial charge in [0.2, 0.25) is 5.78 Å². The average Bonchev–Trinajstić information content (AvgIpc) is 3.43. The second kappa shape index (κ2) is 6.91. The minimum atomic E-state index is -0.222. The number of carbonyl (C=O) groups excluding carboxylic acids is 2. The summed E-state index contributed by atoms with van der Waals surface area (Å²) in [6.07, 6.45) is 3.44. The molecule has 0 amide bonds. The lowest BCUT2D eigenvalue weighted by Crippen LogP contribution is -2.10. The van der Waals surface area contributed by atoms with E-state index < -0.39 is 0 Å². The first-order valence-electron chi connectivity index (χ1n) is 9.09. The van der Waals surface area contributed by atoms with E-state index in [1.54, 1.807) is 18.2 Å². The number of para-hydroxylation sites is 1. The molecule has 138 valence electrons. The first kappa shape index (κ1) is 17.3. The summed E-state index contributed by atoms with van der Waals surface area (Å²) in [7, 11) is 0. The van der Waals surface area contributed by atoms with Gasteiger partial charge in [-0.1, -0.05) is 18.2 Å². The maximum absolute atomic E-state index is 12.8. The molecule has 0 spiro atoms. The molecule has 0 aromatic heterocycles. The molecule has 0 radical (unpaired) electrons. The molecule has 5 nitrogen and oxygen atoms in total. The molecule has 0 atom stereocenters.